The summed E-state index contributed by atoms with van der Waals surface area (Å²) >= 11 is 1.35. The Kier molecular flexibility index (Phi) is 5.37. The number of likely N-dealkylation sites (tertiary alicyclic amines) is 1. The number of nitrogens with two attached hydrogens (primary N) is 1. The Morgan fingerprint density at radius 1 is 1.23 bits per heavy atom. The van der Waals surface area contributed by atoms with E-state index in [1.54, 1.807) is 6.07 Å². The van der Waals surface area contributed by atoms with Gasteiger partial charge in [0.2, 0.25) is 5.91 Å². The quantitative estimate of drug-likeness (QED) is 0.607. The first kappa shape index (κ1) is 22.7. The average molecular weight is 492 g/mol. The first-order valence-corrected chi connectivity index (χ1v) is 11.6. The van der Waals surface area contributed by atoms with Crippen molar-refractivity contribution in [2.75, 3.05) is 20.1 Å². The Balaban J connectivity index is 1.57. The highest BCUT2D eigenvalue weighted by atomic mass is 32.1. The van der Waals surface area contributed by atoms with E-state index in [-0.39, 0.29) is 36.1 Å². The van der Waals surface area contributed by atoms with Crippen LogP contribution in [0.25, 0.3) is 11.1 Å². The molecule has 2 aliphatic rings. The number of thiophene rings is 1. The van der Waals surface area contributed by atoms with Gasteiger partial charge in [0.25, 0.3) is 5.91 Å². The lowest BCUT2D eigenvalue weighted by Crippen LogP contribution is -2.54. The first-order valence-electron chi connectivity index (χ1n) is 10.7. The van der Waals surface area contributed by atoms with Crippen LogP contribution in [0.5, 0.6) is 0 Å². The van der Waals surface area contributed by atoms with Gasteiger partial charge in [-0.15, -0.1) is 11.3 Å². The molecule has 0 saturated carbocycles. The number of carbonyl (C=O) groups is 2. The molecular formula is C25H19F2N5O2S. The third-order valence-electron chi connectivity index (χ3n) is 6.50. The number of rotatable bonds is 3. The summed E-state index contributed by atoms with van der Waals surface area (Å²) in [5.74, 6) is -2.46. The van der Waals surface area contributed by atoms with Crippen molar-refractivity contribution in [1.82, 2.24) is 9.80 Å². The molecule has 0 spiro atoms. The Labute approximate surface area is 203 Å². The van der Waals surface area contributed by atoms with Gasteiger partial charge >= 0.3 is 0 Å². The number of fused-ring (bicyclic) bond motifs is 1. The van der Waals surface area contributed by atoms with Crippen molar-refractivity contribution < 1.29 is 18.4 Å². The Morgan fingerprint density at radius 2 is 2.03 bits per heavy atom. The molecule has 0 bridgehead atoms. The summed E-state index contributed by atoms with van der Waals surface area (Å²) in [5.41, 5.74) is 6.46. The predicted molar refractivity (Wildman–Crippen MR) is 126 cm³/mol. The molecule has 2 amide bonds. The zero-order chi connectivity index (χ0) is 24.9. The highest BCUT2D eigenvalue weighted by molar-refractivity contribution is 7.10. The number of amides is 2. The molecule has 176 valence electrons. The van der Waals surface area contributed by atoms with Gasteiger partial charge in [0, 0.05) is 24.0 Å². The molecule has 2 aromatic carbocycles. The van der Waals surface area contributed by atoms with Crippen molar-refractivity contribution in [3.63, 3.8) is 0 Å². The average Bonchev–Trinajstić information content (AvgIpc) is 3.49. The minimum absolute atomic E-state index is 0.0369. The van der Waals surface area contributed by atoms with E-state index in [1.807, 2.05) is 17.5 Å². The highest BCUT2D eigenvalue weighted by Crippen LogP contribution is 2.47. The fourth-order valence-electron chi connectivity index (χ4n) is 4.63. The SMILES string of the molecule is CN1C(=O)[C@@H]2CN(C(=O)c3cccc(F)c3)C[C@]2(c2cc(-c3ccc(F)c(C#N)c3)cs2)N=C1N. The standard InChI is InChI=1S/C25H19F2N5O2S/c1-31-23(34)19-11-32(22(33)15-3-2-4-18(26)8-15)13-25(19,30-24(31)29)21-9-17(12-35-21)14-5-6-20(27)16(7-14)10-28/h2-9,12,19H,11,13H2,1H3,(H2,29,30)/t19-,25-/m0/s1. The monoisotopic (exact) mass is 491 g/mol. The van der Waals surface area contributed by atoms with Crippen LogP contribution in [0.3, 0.4) is 0 Å². The van der Waals surface area contributed by atoms with Crippen molar-refractivity contribution in [1.29, 1.82) is 5.26 Å². The van der Waals surface area contributed by atoms with E-state index in [0.717, 1.165) is 11.6 Å². The van der Waals surface area contributed by atoms with Crippen LogP contribution in [-0.4, -0.2) is 47.7 Å². The number of nitrogens with zero attached hydrogens (tertiary/aromatic N) is 4. The van der Waals surface area contributed by atoms with Crippen molar-refractivity contribution in [3.8, 4) is 17.2 Å². The van der Waals surface area contributed by atoms with E-state index in [1.165, 1.54) is 58.5 Å². The summed E-state index contributed by atoms with van der Waals surface area (Å²) in [5, 5.41) is 11.0. The van der Waals surface area contributed by atoms with Gasteiger partial charge in [-0.3, -0.25) is 14.5 Å². The van der Waals surface area contributed by atoms with E-state index in [2.05, 4.69) is 0 Å². The van der Waals surface area contributed by atoms with Gasteiger partial charge in [0.05, 0.1) is 18.0 Å². The summed E-state index contributed by atoms with van der Waals surface area (Å²) in [7, 11) is 1.53. The maximum atomic E-state index is 13.8. The molecule has 2 aliphatic heterocycles. The van der Waals surface area contributed by atoms with Crippen LogP contribution in [0.4, 0.5) is 8.78 Å². The second-order valence-corrected chi connectivity index (χ2v) is 9.46. The summed E-state index contributed by atoms with van der Waals surface area (Å²) in [6, 6.07) is 13.3. The lowest BCUT2D eigenvalue weighted by molar-refractivity contribution is -0.132. The fraction of sp³-hybridized carbons (Fsp3) is 0.200. The Morgan fingerprint density at radius 3 is 2.77 bits per heavy atom. The Hall–Kier alpha value is -4.10. The summed E-state index contributed by atoms with van der Waals surface area (Å²) in [6.07, 6.45) is 0. The number of hydrogen-bond acceptors (Lipinski definition) is 6. The topological polar surface area (TPSA) is 103 Å². The van der Waals surface area contributed by atoms with E-state index in [9.17, 15) is 23.6 Å². The smallest absolute Gasteiger partial charge is 0.254 e. The fourth-order valence-corrected chi connectivity index (χ4v) is 5.74. The van der Waals surface area contributed by atoms with Crippen molar-refractivity contribution >= 4 is 29.1 Å². The molecule has 2 atom stereocenters. The molecule has 10 heteroatoms. The maximum Gasteiger partial charge on any atom is 0.254 e. The van der Waals surface area contributed by atoms with Gasteiger partial charge in [-0.25, -0.2) is 13.8 Å². The number of aliphatic imine (C=N–C) groups is 1. The second kappa shape index (κ2) is 8.29. The molecule has 2 N–H and O–H groups in total. The van der Waals surface area contributed by atoms with Crippen LogP contribution in [0.15, 0.2) is 58.9 Å². The molecule has 1 saturated heterocycles. The molecule has 0 unspecified atom stereocenters. The van der Waals surface area contributed by atoms with Crippen LogP contribution in [-0.2, 0) is 10.3 Å². The number of carbonyl (C=O) groups excluding carboxylic acids is 2. The molecule has 3 heterocycles. The van der Waals surface area contributed by atoms with Crippen molar-refractivity contribution in [3.05, 3.63) is 81.5 Å². The Bertz CT molecular complexity index is 1450. The number of halogens is 2. The molecular weight excluding hydrogens is 472 g/mol. The van der Waals surface area contributed by atoms with Gasteiger partial charge in [0.15, 0.2) is 5.96 Å². The number of nitriles is 1. The summed E-state index contributed by atoms with van der Waals surface area (Å²) in [4.78, 5) is 34.6. The molecule has 1 aromatic heterocycles. The van der Waals surface area contributed by atoms with Crippen molar-refractivity contribution in [2.45, 2.75) is 5.54 Å². The summed E-state index contributed by atoms with van der Waals surface area (Å²) < 4.78 is 27.6. The number of guanidine groups is 1. The molecule has 1 fully saturated rings. The molecule has 0 radical (unpaired) electrons. The third kappa shape index (κ3) is 3.65. The molecule has 3 aromatic rings. The van der Waals surface area contributed by atoms with Crippen LogP contribution in [0.2, 0.25) is 0 Å². The number of hydrogen-bond donors (Lipinski definition) is 1. The molecule has 7 nitrogen and oxygen atoms in total. The molecule has 35 heavy (non-hydrogen) atoms. The van der Waals surface area contributed by atoms with Gasteiger partial charge in [-0.2, -0.15) is 5.26 Å². The first-order chi connectivity index (χ1) is 16.7. The third-order valence-corrected chi connectivity index (χ3v) is 7.60. The summed E-state index contributed by atoms with van der Waals surface area (Å²) in [6.45, 7) is 0.178. The van der Waals surface area contributed by atoms with E-state index in [4.69, 9.17) is 10.7 Å². The molecule has 0 aliphatic carbocycles. The van der Waals surface area contributed by atoms with Gasteiger partial charge in [-0.1, -0.05) is 12.1 Å². The largest absolute Gasteiger partial charge is 0.369 e. The maximum absolute atomic E-state index is 13.8. The van der Waals surface area contributed by atoms with E-state index >= 15 is 0 Å². The lowest BCUT2D eigenvalue weighted by Gasteiger charge is -2.36. The minimum Gasteiger partial charge on any atom is -0.369 e. The normalized spacial score (nSPS) is 21.5. The van der Waals surface area contributed by atoms with Crippen LogP contribution in [0, 0.1) is 28.9 Å². The van der Waals surface area contributed by atoms with Gasteiger partial charge in [0.1, 0.15) is 23.2 Å². The van der Waals surface area contributed by atoms with Crippen molar-refractivity contribution in [2.24, 2.45) is 16.6 Å². The minimum atomic E-state index is -1.11. The van der Waals surface area contributed by atoms with Gasteiger partial charge in [-0.05, 0) is 52.9 Å². The zero-order valence-corrected chi connectivity index (χ0v) is 19.4. The van der Waals surface area contributed by atoms with Gasteiger partial charge < -0.3 is 10.6 Å². The predicted octanol–water partition coefficient (Wildman–Crippen LogP) is 3.32. The van der Waals surface area contributed by atoms with Crippen LogP contribution < -0.4 is 5.73 Å². The molecule has 5 rings (SSSR count). The zero-order valence-electron chi connectivity index (χ0n) is 18.5. The lowest BCUT2D eigenvalue weighted by atomic mass is 9.83. The second-order valence-electron chi connectivity index (χ2n) is 8.55. The number of benzene rings is 2. The van der Waals surface area contributed by atoms with Crippen LogP contribution >= 0.6 is 11.3 Å². The highest BCUT2D eigenvalue weighted by Gasteiger charge is 2.57. The van der Waals surface area contributed by atoms with Crippen LogP contribution in [0.1, 0.15) is 20.8 Å². The van der Waals surface area contributed by atoms with E-state index < -0.39 is 29.0 Å². The van der Waals surface area contributed by atoms with E-state index in [0.29, 0.717) is 10.4 Å².